The van der Waals surface area contributed by atoms with Crippen LogP contribution < -0.4 is 5.56 Å². The zero-order chi connectivity index (χ0) is 16.5. The van der Waals surface area contributed by atoms with Gasteiger partial charge in [-0.15, -0.1) is 0 Å². The first-order chi connectivity index (χ1) is 10.2. The number of nitrogens with zero attached hydrogens (tertiary/aromatic N) is 3. The second-order valence-electron chi connectivity index (χ2n) is 5.54. The Balaban J connectivity index is 2.14. The van der Waals surface area contributed by atoms with E-state index < -0.39 is 27.8 Å². The highest BCUT2D eigenvalue weighted by molar-refractivity contribution is 5.80. The number of carboxylic acids is 1. The van der Waals surface area contributed by atoms with Gasteiger partial charge >= 0.3 is 5.97 Å². The van der Waals surface area contributed by atoms with Crippen LogP contribution in [0.4, 0.5) is 5.69 Å². The van der Waals surface area contributed by atoms with Gasteiger partial charge in [-0.05, 0) is 13.3 Å². The van der Waals surface area contributed by atoms with E-state index in [1.165, 1.54) is 4.90 Å². The highest BCUT2D eigenvalue weighted by Gasteiger charge is 2.42. The van der Waals surface area contributed by atoms with Crippen LogP contribution in [0.1, 0.15) is 13.3 Å². The number of hydrogen-bond acceptors (Lipinski definition) is 5. The van der Waals surface area contributed by atoms with Gasteiger partial charge in [0, 0.05) is 25.2 Å². The summed E-state index contributed by atoms with van der Waals surface area (Å²) in [6, 6.07) is 2.09. The molecule has 1 aliphatic heterocycles. The SMILES string of the molecule is CC1(C(=O)O)CCN(C(=O)Cn2cc([N+](=O)[O-])ccc2=O)C1. The quantitative estimate of drug-likeness (QED) is 0.620. The fraction of sp³-hybridized carbons (Fsp3) is 0.462. The third-order valence-corrected chi connectivity index (χ3v) is 3.83. The van der Waals surface area contributed by atoms with Crippen molar-refractivity contribution in [2.45, 2.75) is 19.9 Å². The van der Waals surface area contributed by atoms with Crippen molar-refractivity contribution in [2.24, 2.45) is 5.41 Å². The van der Waals surface area contributed by atoms with E-state index in [0.29, 0.717) is 6.42 Å². The van der Waals surface area contributed by atoms with Crippen molar-refractivity contribution in [1.29, 1.82) is 0 Å². The summed E-state index contributed by atoms with van der Waals surface area (Å²) in [5, 5.41) is 19.8. The molecular formula is C13H15N3O6. The summed E-state index contributed by atoms with van der Waals surface area (Å²) in [5.41, 5.74) is -1.81. The predicted octanol–water partition coefficient (Wildman–Crippen LogP) is 0.0797. The van der Waals surface area contributed by atoms with Crippen LogP contribution in [0.25, 0.3) is 0 Å². The molecule has 1 unspecified atom stereocenters. The monoisotopic (exact) mass is 309 g/mol. The third kappa shape index (κ3) is 2.97. The van der Waals surface area contributed by atoms with Crippen molar-refractivity contribution in [2.75, 3.05) is 13.1 Å². The van der Waals surface area contributed by atoms with Crippen molar-refractivity contribution in [3.63, 3.8) is 0 Å². The maximum Gasteiger partial charge on any atom is 0.311 e. The van der Waals surface area contributed by atoms with Gasteiger partial charge in [0.1, 0.15) is 6.54 Å². The molecule has 9 nitrogen and oxygen atoms in total. The van der Waals surface area contributed by atoms with Crippen LogP contribution in [0, 0.1) is 15.5 Å². The first kappa shape index (κ1) is 15.7. The number of pyridine rings is 1. The highest BCUT2D eigenvalue weighted by Crippen LogP contribution is 2.30. The molecule has 2 heterocycles. The Kier molecular flexibility index (Phi) is 3.98. The van der Waals surface area contributed by atoms with E-state index >= 15 is 0 Å². The summed E-state index contributed by atoms with van der Waals surface area (Å²) in [5.74, 6) is -1.41. The third-order valence-electron chi connectivity index (χ3n) is 3.83. The van der Waals surface area contributed by atoms with E-state index in [0.717, 1.165) is 22.9 Å². The van der Waals surface area contributed by atoms with Gasteiger partial charge in [-0.3, -0.25) is 29.1 Å². The molecule has 9 heteroatoms. The van der Waals surface area contributed by atoms with Crippen LogP contribution in [0.3, 0.4) is 0 Å². The molecule has 1 aromatic rings. The normalized spacial score (nSPS) is 20.9. The van der Waals surface area contributed by atoms with Gasteiger partial charge in [0.2, 0.25) is 5.91 Å². The lowest BCUT2D eigenvalue weighted by Gasteiger charge is -2.20. The van der Waals surface area contributed by atoms with Crippen LogP contribution in [0.5, 0.6) is 0 Å². The lowest BCUT2D eigenvalue weighted by atomic mass is 9.90. The Morgan fingerprint density at radius 3 is 2.68 bits per heavy atom. The molecule has 1 aliphatic rings. The van der Waals surface area contributed by atoms with Gasteiger partial charge in [-0.25, -0.2) is 0 Å². The van der Waals surface area contributed by atoms with E-state index in [-0.39, 0.29) is 25.3 Å². The smallest absolute Gasteiger partial charge is 0.311 e. The van der Waals surface area contributed by atoms with Crippen molar-refractivity contribution in [1.82, 2.24) is 9.47 Å². The molecule has 1 saturated heterocycles. The molecule has 1 aromatic heterocycles. The summed E-state index contributed by atoms with van der Waals surface area (Å²) in [6.07, 6.45) is 1.34. The second kappa shape index (κ2) is 5.58. The molecule has 1 N–H and O–H groups in total. The number of aromatic nitrogens is 1. The average molecular weight is 309 g/mol. The minimum Gasteiger partial charge on any atom is -0.481 e. The van der Waals surface area contributed by atoms with Crippen LogP contribution in [-0.4, -0.2) is 44.5 Å². The lowest BCUT2D eigenvalue weighted by molar-refractivity contribution is -0.385. The minimum atomic E-state index is -0.997. The summed E-state index contributed by atoms with van der Waals surface area (Å²) in [6.45, 7) is 1.55. The maximum absolute atomic E-state index is 12.2. The number of likely N-dealkylation sites (tertiary alicyclic amines) is 1. The molecule has 1 atom stereocenters. The molecule has 2 rings (SSSR count). The molecule has 0 bridgehead atoms. The van der Waals surface area contributed by atoms with Crippen molar-refractivity contribution in [3.05, 3.63) is 38.8 Å². The van der Waals surface area contributed by atoms with Gasteiger partial charge in [0.05, 0.1) is 16.5 Å². The van der Waals surface area contributed by atoms with Crippen molar-refractivity contribution in [3.8, 4) is 0 Å². The maximum atomic E-state index is 12.2. The van der Waals surface area contributed by atoms with Crippen LogP contribution >= 0.6 is 0 Å². The first-order valence-electron chi connectivity index (χ1n) is 6.59. The lowest BCUT2D eigenvalue weighted by Crippen LogP contribution is -2.38. The second-order valence-corrected chi connectivity index (χ2v) is 5.54. The van der Waals surface area contributed by atoms with E-state index in [2.05, 4.69) is 0 Å². The molecule has 0 radical (unpaired) electrons. The molecule has 0 spiro atoms. The molecular weight excluding hydrogens is 294 g/mol. The van der Waals surface area contributed by atoms with Crippen LogP contribution in [0.2, 0.25) is 0 Å². The molecule has 22 heavy (non-hydrogen) atoms. The van der Waals surface area contributed by atoms with Crippen molar-refractivity contribution >= 4 is 17.6 Å². The molecule has 0 saturated carbocycles. The fourth-order valence-corrected chi connectivity index (χ4v) is 2.34. The Hall–Kier alpha value is -2.71. The number of aliphatic carboxylic acids is 1. The average Bonchev–Trinajstić information content (AvgIpc) is 2.85. The first-order valence-corrected chi connectivity index (χ1v) is 6.59. The van der Waals surface area contributed by atoms with Gasteiger partial charge in [-0.2, -0.15) is 0 Å². The van der Waals surface area contributed by atoms with Crippen LogP contribution in [0.15, 0.2) is 23.1 Å². The highest BCUT2D eigenvalue weighted by atomic mass is 16.6. The number of hydrogen-bond donors (Lipinski definition) is 1. The van der Waals surface area contributed by atoms with E-state index in [1.54, 1.807) is 6.92 Å². The van der Waals surface area contributed by atoms with Gasteiger partial charge in [-0.1, -0.05) is 0 Å². The summed E-state index contributed by atoms with van der Waals surface area (Å²) in [7, 11) is 0. The number of rotatable bonds is 4. The zero-order valence-corrected chi connectivity index (χ0v) is 11.9. The standard InChI is InChI=1S/C13H15N3O6/c1-13(12(19)20)4-5-14(8-13)11(18)7-15-6-9(16(21)22)2-3-10(15)17/h2-3,6H,4-5,7-8H2,1H3,(H,19,20). The number of nitro groups is 1. The molecule has 1 amide bonds. The zero-order valence-electron chi connectivity index (χ0n) is 11.9. The number of carboxylic acid groups (broad SMARTS) is 1. The predicted molar refractivity (Wildman–Crippen MR) is 74.3 cm³/mol. The summed E-state index contributed by atoms with van der Waals surface area (Å²) in [4.78, 5) is 46.4. The minimum absolute atomic E-state index is 0.0604. The number of carbonyl (C=O) groups excluding carboxylic acids is 1. The molecule has 0 aliphatic carbocycles. The van der Waals surface area contributed by atoms with Crippen LogP contribution in [-0.2, 0) is 16.1 Å². The van der Waals surface area contributed by atoms with Gasteiger partial charge < -0.3 is 10.0 Å². The van der Waals surface area contributed by atoms with E-state index in [4.69, 9.17) is 5.11 Å². The number of amides is 1. The topological polar surface area (TPSA) is 123 Å². The van der Waals surface area contributed by atoms with Gasteiger partial charge in [0.25, 0.3) is 11.2 Å². The fourth-order valence-electron chi connectivity index (χ4n) is 2.34. The van der Waals surface area contributed by atoms with E-state index in [1.807, 2.05) is 0 Å². The number of carbonyl (C=O) groups is 2. The Morgan fingerprint density at radius 1 is 1.45 bits per heavy atom. The van der Waals surface area contributed by atoms with Gasteiger partial charge in [0.15, 0.2) is 0 Å². The molecule has 118 valence electrons. The van der Waals surface area contributed by atoms with E-state index in [9.17, 15) is 24.5 Å². The largest absolute Gasteiger partial charge is 0.481 e. The summed E-state index contributed by atoms with van der Waals surface area (Å²) < 4.78 is 0.955. The molecule has 0 aromatic carbocycles. The molecule has 1 fully saturated rings. The Labute approximate surface area is 124 Å². The Morgan fingerprint density at radius 2 is 2.14 bits per heavy atom. The summed E-state index contributed by atoms with van der Waals surface area (Å²) >= 11 is 0. The Bertz CT molecular complexity index is 697. The van der Waals surface area contributed by atoms with Crippen molar-refractivity contribution < 1.29 is 19.6 Å².